The van der Waals surface area contributed by atoms with Crippen LogP contribution in [0.4, 0.5) is 0 Å². The molecule has 108 valence electrons. The van der Waals surface area contributed by atoms with Crippen LogP contribution in [-0.2, 0) is 13.3 Å². The molecule has 0 aliphatic rings. The average molecular weight is 274 g/mol. The maximum Gasteiger partial charge on any atom is 0.504 e. The third-order valence-corrected chi connectivity index (χ3v) is 5.36. The minimum absolute atomic E-state index is 0.655. The number of rotatable bonds is 12. The predicted octanol–water partition coefficient (Wildman–Crippen LogP) is 4.17. The molecule has 0 bridgehead atoms. The molecule has 0 rings (SSSR count). The van der Waals surface area contributed by atoms with Crippen molar-refractivity contribution >= 4 is 8.80 Å². The third-order valence-electron chi connectivity index (χ3n) is 2.61. The van der Waals surface area contributed by atoms with Gasteiger partial charge in [0.15, 0.2) is 0 Å². The lowest BCUT2D eigenvalue weighted by Crippen LogP contribution is -2.46. The zero-order valence-corrected chi connectivity index (χ0v) is 13.5. The first-order valence-electron chi connectivity index (χ1n) is 7.27. The van der Waals surface area contributed by atoms with Gasteiger partial charge in [-0.05, 0) is 26.7 Å². The lowest BCUT2D eigenvalue weighted by Gasteiger charge is -2.28. The molecule has 0 radical (unpaired) electrons. The zero-order valence-electron chi connectivity index (χ0n) is 12.5. The van der Waals surface area contributed by atoms with Gasteiger partial charge < -0.3 is 13.3 Å². The molecule has 0 heterocycles. The lowest BCUT2D eigenvalue weighted by molar-refractivity contribution is 0.0638. The Labute approximate surface area is 114 Å². The average Bonchev–Trinajstić information content (AvgIpc) is 2.37. The first-order valence-corrected chi connectivity index (χ1v) is 9.20. The Hall–Kier alpha value is -0.163. The van der Waals surface area contributed by atoms with Crippen LogP contribution in [0, 0.1) is 0 Å². The summed E-state index contributed by atoms with van der Waals surface area (Å²) >= 11 is 0. The highest BCUT2D eigenvalue weighted by Gasteiger charge is 2.39. The minimum atomic E-state index is -2.48. The van der Waals surface area contributed by atoms with Gasteiger partial charge in [-0.1, -0.05) is 38.8 Å². The van der Waals surface area contributed by atoms with Crippen molar-refractivity contribution in [2.75, 3.05) is 19.8 Å². The van der Waals surface area contributed by atoms with E-state index in [0.717, 1.165) is 44.9 Å². The standard InChI is InChI=1S/C14H30O3Si/c1-5-9-12-16-18(15-8-4,14-11-7-3)17-13-10-6-2/h7,11H,5-6,8-10,12-14H2,1-4H3. The predicted molar refractivity (Wildman–Crippen MR) is 78.7 cm³/mol. The molecule has 0 saturated carbocycles. The molecule has 0 aromatic carbocycles. The van der Waals surface area contributed by atoms with Crippen molar-refractivity contribution in [1.29, 1.82) is 0 Å². The highest BCUT2D eigenvalue weighted by atomic mass is 28.4. The van der Waals surface area contributed by atoms with E-state index in [0.29, 0.717) is 6.61 Å². The van der Waals surface area contributed by atoms with E-state index in [1.807, 2.05) is 19.9 Å². The SMILES string of the molecule is CC=CC[Si](OCC)(OCCCC)OCCCC. The molecule has 0 aliphatic carbocycles. The lowest BCUT2D eigenvalue weighted by atomic mass is 10.4. The second kappa shape index (κ2) is 11.9. The fourth-order valence-electron chi connectivity index (χ4n) is 1.53. The van der Waals surface area contributed by atoms with Crippen LogP contribution in [0.5, 0.6) is 0 Å². The quantitative estimate of drug-likeness (QED) is 0.304. The van der Waals surface area contributed by atoms with Crippen LogP contribution in [0.3, 0.4) is 0 Å². The fraction of sp³-hybridized carbons (Fsp3) is 0.857. The van der Waals surface area contributed by atoms with Crippen molar-refractivity contribution in [1.82, 2.24) is 0 Å². The molecular formula is C14H30O3Si. The van der Waals surface area contributed by atoms with E-state index in [9.17, 15) is 0 Å². The maximum absolute atomic E-state index is 6.00. The van der Waals surface area contributed by atoms with Crippen LogP contribution in [0.2, 0.25) is 6.04 Å². The molecule has 3 nitrogen and oxygen atoms in total. The van der Waals surface area contributed by atoms with E-state index in [-0.39, 0.29) is 0 Å². The molecule has 0 saturated heterocycles. The minimum Gasteiger partial charge on any atom is -0.374 e. The van der Waals surface area contributed by atoms with E-state index < -0.39 is 8.80 Å². The third kappa shape index (κ3) is 8.03. The van der Waals surface area contributed by atoms with Gasteiger partial charge in [0.2, 0.25) is 0 Å². The Balaban J connectivity index is 4.44. The Morgan fingerprint density at radius 2 is 1.44 bits per heavy atom. The van der Waals surface area contributed by atoms with Gasteiger partial charge in [0.1, 0.15) is 0 Å². The van der Waals surface area contributed by atoms with Crippen LogP contribution in [0.1, 0.15) is 53.4 Å². The maximum atomic E-state index is 6.00. The first kappa shape index (κ1) is 17.8. The Morgan fingerprint density at radius 1 is 0.889 bits per heavy atom. The van der Waals surface area contributed by atoms with Crippen molar-refractivity contribution in [3.05, 3.63) is 12.2 Å². The summed E-state index contributed by atoms with van der Waals surface area (Å²) in [5, 5.41) is 0. The Bertz CT molecular complexity index is 197. The van der Waals surface area contributed by atoms with Crippen molar-refractivity contribution < 1.29 is 13.3 Å². The van der Waals surface area contributed by atoms with Crippen LogP contribution < -0.4 is 0 Å². The molecule has 0 aromatic rings. The summed E-state index contributed by atoms with van der Waals surface area (Å²) in [4.78, 5) is 0. The number of hydrogen-bond donors (Lipinski definition) is 0. The van der Waals surface area contributed by atoms with Gasteiger partial charge >= 0.3 is 8.80 Å². The molecule has 0 N–H and O–H groups in total. The largest absolute Gasteiger partial charge is 0.504 e. The molecular weight excluding hydrogens is 244 g/mol. The summed E-state index contributed by atoms with van der Waals surface area (Å²) < 4.78 is 17.9. The van der Waals surface area contributed by atoms with Gasteiger partial charge in [-0.15, -0.1) is 0 Å². The first-order chi connectivity index (χ1) is 8.74. The highest BCUT2D eigenvalue weighted by molar-refractivity contribution is 6.61. The molecule has 18 heavy (non-hydrogen) atoms. The molecule has 0 fully saturated rings. The second-order valence-corrected chi connectivity index (χ2v) is 6.93. The summed E-state index contributed by atoms with van der Waals surface area (Å²) in [7, 11) is -2.48. The zero-order chi connectivity index (χ0) is 13.7. The summed E-state index contributed by atoms with van der Waals surface area (Å²) in [6.45, 7) is 10.5. The normalized spacial score (nSPS) is 12.4. The van der Waals surface area contributed by atoms with Gasteiger partial charge in [-0.2, -0.15) is 0 Å². The van der Waals surface area contributed by atoms with Gasteiger partial charge in [-0.3, -0.25) is 0 Å². The smallest absolute Gasteiger partial charge is 0.374 e. The van der Waals surface area contributed by atoms with Crippen molar-refractivity contribution in [2.45, 2.75) is 59.4 Å². The highest BCUT2D eigenvalue weighted by Crippen LogP contribution is 2.18. The van der Waals surface area contributed by atoms with Crippen molar-refractivity contribution in [3.63, 3.8) is 0 Å². The molecule has 0 aromatic heterocycles. The van der Waals surface area contributed by atoms with Crippen molar-refractivity contribution in [2.24, 2.45) is 0 Å². The summed E-state index contributed by atoms with van der Waals surface area (Å²) in [5.41, 5.74) is 0. The van der Waals surface area contributed by atoms with E-state index in [1.54, 1.807) is 0 Å². The Morgan fingerprint density at radius 3 is 1.83 bits per heavy atom. The van der Waals surface area contributed by atoms with Crippen LogP contribution in [-0.4, -0.2) is 28.6 Å². The van der Waals surface area contributed by atoms with Gasteiger partial charge in [-0.25, -0.2) is 0 Å². The van der Waals surface area contributed by atoms with Crippen LogP contribution >= 0.6 is 0 Å². The molecule has 0 atom stereocenters. The second-order valence-electron chi connectivity index (χ2n) is 4.29. The van der Waals surface area contributed by atoms with E-state index in [2.05, 4.69) is 19.9 Å². The van der Waals surface area contributed by atoms with Crippen LogP contribution in [0.15, 0.2) is 12.2 Å². The fourth-order valence-corrected chi connectivity index (χ4v) is 4.01. The topological polar surface area (TPSA) is 27.7 Å². The molecule has 0 aliphatic heterocycles. The number of unbranched alkanes of at least 4 members (excludes halogenated alkanes) is 2. The molecule has 0 amide bonds. The molecule has 4 heteroatoms. The van der Waals surface area contributed by atoms with Gasteiger partial charge in [0.05, 0.1) is 0 Å². The summed E-state index contributed by atoms with van der Waals surface area (Å²) in [6.07, 6.45) is 8.53. The Kier molecular flexibility index (Phi) is 11.8. The van der Waals surface area contributed by atoms with Crippen LogP contribution in [0.25, 0.3) is 0 Å². The van der Waals surface area contributed by atoms with Gasteiger partial charge in [0, 0.05) is 25.9 Å². The van der Waals surface area contributed by atoms with Crippen molar-refractivity contribution in [3.8, 4) is 0 Å². The molecule has 0 unspecified atom stereocenters. The van der Waals surface area contributed by atoms with E-state index in [1.165, 1.54) is 0 Å². The number of allylic oxidation sites excluding steroid dienone is 2. The van der Waals surface area contributed by atoms with E-state index in [4.69, 9.17) is 13.3 Å². The van der Waals surface area contributed by atoms with Gasteiger partial charge in [0.25, 0.3) is 0 Å². The number of hydrogen-bond acceptors (Lipinski definition) is 3. The van der Waals surface area contributed by atoms with E-state index >= 15 is 0 Å². The summed E-state index contributed by atoms with van der Waals surface area (Å²) in [5.74, 6) is 0. The summed E-state index contributed by atoms with van der Waals surface area (Å²) in [6, 6.07) is 0.783. The molecule has 0 spiro atoms. The monoisotopic (exact) mass is 274 g/mol.